The van der Waals surface area contributed by atoms with E-state index in [9.17, 15) is 4.79 Å². The van der Waals surface area contributed by atoms with Gasteiger partial charge in [0.1, 0.15) is 0 Å². The lowest BCUT2D eigenvalue weighted by Crippen LogP contribution is -2.49. The van der Waals surface area contributed by atoms with Crippen LogP contribution in [0.5, 0.6) is 0 Å². The van der Waals surface area contributed by atoms with Crippen molar-refractivity contribution in [1.82, 2.24) is 4.90 Å². The quantitative estimate of drug-likeness (QED) is 0.761. The number of nitrogens with zero attached hydrogens (tertiary/aromatic N) is 1. The average molecular weight is 226 g/mol. The highest BCUT2D eigenvalue weighted by Crippen LogP contribution is 2.34. The van der Waals surface area contributed by atoms with E-state index in [1.54, 1.807) is 0 Å². The van der Waals surface area contributed by atoms with E-state index in [-0.39, 0.29) is 11.5 Å². The number of likely N-dealkylation sites (tertiary alicyclic amines) is 1. The second-order valence-electron chi connectivity index (χ2n) is 4.91. The number of hydrogen-bond donors (Lipinski definition) is 1. The largest absolute Gasteiger partial charge is 0.375 e. The highest BCUT2D eigenvalue weighted by Gasteiger charge is 2.37. The lowest BCUT2D eigenvalue weighted by molar-refractivity contribution is -0.142. The van der Waals surface area contributed by atoms with Crippen molar-refractivity contribution < 1.29 is 9.53 Å². The number of ether oxygens (including phenoxy) is 1. The Balaban J connectivity index is 1.83. The number of amides is 1. The first-order chi connectivity index (χ1) is 7.76. The van der Waals surface area contributed by atoms with Crippen molar-refractivity contribution in [1.29, 1.82) is 0 Å². The summed E-state index contributed by atoms with van der Waals surface area (Å²) < 4.78 is 5.93. The molecule has 92 valence electrons. The van der Waals surface area contributed by atoms with Gasteiger partial charge in [0.15, 0.2) is 0 Å². The van der Waals surface area contributed by atoms with Crippen LogP contribution < -0.4 is 5.73 Å². The van der Waals surface area contributed by atoms with E-state index in [4.69, 9.17) is 10.5 Å². The van der Waals surface area contributed by atoms with Gasteiger partial charge in [0.2, 0.25) is 5.91 Å². The maximum Gasteiger partial charge on any atom is 0.223 e. The Bertz CT molecular complexity index is 239. The number of nitrogens with two attached hydrogens (primary N) is 1. The van der Waals surface area contributed by atoms with E-state index in [0.717, 1.165) is 32.5 Å². The van der Waals surface area contributed by atoms with Gasteiger partial charge in [0.05, 0.1) is 5.60 Å². The second-order valence-corrected chi connectivity index (χ2v) is 4.91. The molecule has 0 bridgehead atoms. The van der Waals surface area contributed by atoms with Crippen LogP contribution in [0.15, 0.2) is 0 Å². The summed E-state index contributed by atoms with van der Waals surface area (Å²) in [4.78, 5) is 13.6. The Morgan fingerprint density at radius 1 is 1.25 bits per heavy atom. The molecule has 0 saturated carbocycles. The molecule has 2 rings (SSSR count). The maximum absolute atomic E-state index is 11.7. The van der Waals surface area contributed by atoms with E-state index in [0.29, 0.717) is 13.0 Å². The smallest absolute Gasteiger partial charge is 0.223 e. The molecule has 2 saturated heterocycles. The predicted octanol–water partition coefficient (Wildman–Crippen LogP) is 0.897. The third-order valence-corrected chi connectivity index (χ3v) is 3.82. The van der Waals surface area contributed by atoms with Crippen molar-refractivity contribution >= 4 is 5.91 Å². The minimum Gasteiger partial charge on any atom is -0.375 e. The Hall–Kier alpha value is -0.610. The lowest BCUT2D eigenvalue weighted by atomic mass is 9.84. The summed E-state index contributed by atoms with van der Waals surface area (Å²) in [5.41, 5.74) is 5.50. The number of carbonyl (C=O) groups is 1. The third-order valence-electron chi connectivity index (χ3n) is 3.82. The van der Waals surface area contributed by atoms with Crippen LogP contribution in [0.1, 0.15) is 38.5 Å². The Kier molecular flexibility index (Phi) is 3.82. The molecular formula is C12H22N2O2. The fourth-order valence-electron chi connectivity index (χ4n) is 2.75. The average Bonchev–Trinajstić information content (AvgIpc) is 2.31. The zero-order valence-corrected chi connectivity index (χ0v) is 9.91. The molecule has 4 heteroatoms. The van der Waals surface area contributed by atoms with Gasteiger partial charge in [0.25, 0.3) is 0 Å². The summed E-state index contributed by atoms with van der Waals surface area (Å²) in [6.07, 6.45) is 6.13. The Labute approximate surface area is 97.1 Å². The van der Waals surface area contributed by atoms with Gasteiger partial charge in [-0.3, -0.25) is 4.79 Å². The third kappa shape index (κ3) is 2.55. The van der Waals surface area contributed by atoms with Gasteiger partial charge in [-0.05, 0) is 32.1 Å². The standard InChI is InChI=1S/C12H22N2O2/c13-7-3-11(15)14-8-5-12(6-9-14)4-1-2-10-16-12/h1-10,13H2. The van der Waals surface area contributed by atoms with E-state index in [1.165, 1.54) is 19.3 Å². The minimum absolute atomic E-state index is 0.0950. The molecule has 0 unspecified atom stereocenters. The summed E-state index contributed by atoms with van der Waals surface area (Å²) in [5.74, 6) is 0.202. The van der Waals surface area contributed by atoms with Crippen LogP contribution in [0.3, 0.4) is 0 Å². The molecule has 16 heavy (non-hydrogen) atoms. The van der Waals surface area contributed by atoms with Crippen LogP contribution in [0.2, 0.25) is 0 Å². The monoisotopic (exact) mass is 226 g/mol. The molecule has 2 aliphatic rings. The molecular weight excluding hydrogens is 204 g/mol. The van der Waals surface area contributed by atoms with Gasteiger partial charge >= 0.3 is 0 Å². The molecule has 1 spiro atoms. The number of hydrogen-bond acceptors (Lipinski definition) is 3. The van der Waals surface area contributed by atoms with Crippen LogP contribution in [-0.4, -0.2) is 42.6 Å². The first-order valence-electron chi connectivity index (χ1n) is 6.38. The topological polar surface area (TPSA) is 55.6 Å². The van der Waals surface area contributed by atoms with Crippen LogP contribution in [0.25, 0.3) is 0 Å². The van der Waals surface area contributed by atoms with Crippen LogP contribution >= 0.6 is 0 Å². The fraction of sp³-hybridized carbons (Fsp3) is 0.917. The zero-order chi connectivity index (χ0) is 11.4. The molecule has 4 nitrogen and oxygen atoms in total. The molecule has 1 amide bonds. The minimum atomic E-state index is 0.0950. The summed E-state index contributed by atoms with van der Waals surface area (Å²) in [7, 11) is 0. The highest BCUT2D eigenvalue weighted by molar-refractivity contribution is 5.76. The van der Waals surface area contributed by atoms with Gasteiger partial charge in [-0.25, -0.2) is 0 Å². The zero-order valence-electron chi connectivity index (χ0n) is 9.91. The van der Waals surface area contributed by atoms with Crippen LogP contribution in [0.4, 0.5) is 0 Å². The van der Waals surface area contributed by atoms with Crippen LogP contribution in [-0.2, 0) is 9.53 Å². The first-order valence-corrected chi connectivity index (χ1v) is 6.38. The number of rotatable bonds is 2. The van der Waals surface area contributed by atoms with Crippen molar-refractivity contribution in [3.63, 3.8) is 0 Å². The molecule has 0 aromatic rings. The van der Waals surface area contributed by atoms with Gasteiger partial charge < -0.3 is 15.4 Å². The molecule has 0 radical (unpaired) electrons. The molecule has 2 fully saturated rings. The molecule has 2 N–H and O–H groups in total. The molecule has 0 aliphatic carbocycles. The Morgan fingerprint density at radius 3 is 2.56 bits per heavy atom. The van der Waals surface area contributed by atoms with Crippen molar-refractivity contribution in [2.45, 2.75) is 44.1 Å². The SMILES string of the molecule is NCCC(=O)N1CCC2(CCCCO2)CC1. The van der Waals surface area contributed by atoms with Gasteiger partial charge in [-0.15, -0.1) is 0 Å². The predicted molar refractivity (Wildman–Crippen MR) is 62.0 cm³/mol. The van der Waals surface area contributed by atoms with E-state index < -0.39 is 0 Å². The van der Waals surface area contributed by atoms with Crippen molar-refractivity contribution in [2.24, 2.45) is 5.73 Å². The van der Waals surface area contributed by atoms with Crippen molar-refractivity contribution in [3.05, 3.63) is 0 Å². The molecule has 0 atom stereocenters. The van der Waals surface area contributed by atoms with E-state index in [1.807, 2.05) is 4.90 Å². The van der Waals surface area contributed by atoms with Crippen molar-refractivity contribution in [3.8, 4) is 0 Å². The lowest BCUT2D eigenvalue weighted by Gasteiger charge is -2.44. The Morgan fingerprint density at radius 2 is 2.00 bits per heavy atom. The normalized spacial score (nSPS) is 24.7. The van der Waals surface area contributed by atoms with E-state index in [2.05, 4.69) is 0 Å². The highest BCUT2D eigenvalue weighted by atomic mass is 16.5. The second kappa shape index (κ2) is 5.15. The van der Waals surface area contributed by atoms with Gasteiger partial charge in [0, 0.05) is 32.7 Å². The first kappa shape index (κ1) is 11.9. The van der Waals surface area contributed by atoms with Crippen LogP contribution in [0, 0.1) is 0 Å². The summed E-state index contributed by atoms with van der Waals surface area (Å²) in [5, 5.41) is 0. The molecule has 0 aromatic heterocycles. The van der Waals surface area contributed by atoms with E-state index >= 15 is 0 Å². The summed E-state index contributed by atoms with van der Waals surface area (Å²) in [6.45, 7) is 3.05. The molecule has 2 aliphatic heterocycles. The molecule has 2 heterocycles. The van der Waals surface area contributed by atoms with Gasteiger partial charge in [-0.1, -0.05) is 0 Å². The summed E-state index contributed by atoms with van der Waals surface area (Å²) in [6, 6.07) is 0. The number of piperidine rings is 1. The fourth-order valence-corrected chi connectivity index (χ4v) is 2.75. The molecule has 0 aromatic carbocycles. The van der Waals surface area contributed by atoms with Crippen molar-refractivity contribution in [2.75, 3.05) is 26.2 Å². The summed E-state index contributed by atoms with van der Waals surface area (Å²) >= 11 is 0. The maximum atomic E-state index is 11.7. The number of carbonyl (C=O) groups excluding carboxylic acids is 1. The van der Waals surface area contributed by atoms with Gasteiger partial charge in [-0.2, -0.15) is 0 Å².